The van der Waals surface area contributed by atoms with Gasteiger partial charge in [-0.3, -0.25) is 0 Å². The van der Waals surface area contributed by atoms with Crippen LogP contribution in [0.1, 0.15) is 39.7 Å². The van der Waals surface area contributed by atoms with Crippen molar-refractivity contribution in [3.63, 3.8) is 0 Å². The fourth-order valence-electron chi connectivity index (χ4n) is 2.03. The molecule has 0 saturated carbocycles. The van der Waals surface area contributed by atoms with Crippen LogP contribution in [0, 0.1) is 0 Å². The van der Waals surface area contributed by atoms with Gasteiger partial charge in [0.15, 0.2) is 0 Å². The molecule has 0 N–H and O–H groups in total. The number of carbonyl (C=O) groups excluding carboxylic acids is 2. The van der Waals surface area contributed by atoms with Gasteiger partial charge in [-0.05, 0) is 33.3 Å². The van der Waals surface area contributed by atoms with Crippen LogP contribution in [-0.4, -0.2) is 23.8 Å². The number of carbonyl (C=O) groups is 2. The molecule has 5 nitrogen and oxygen atoms in total. The van der Waals surface area contributed by atoms with E-state index in [1.54, 1.807) is 27.7 Å². The Labute approximate surface area is 137 Å². The maximum Gasteiger partial charge on any atom is 0.509 e. The van der Waals surface area contributed by atoms with Crippen molar-refractivity contribution in [2.45, 2.75) is 52.4 Å². The number of hydrogen-bond acceptors (Lipinski definition) is 5. The van der Waals surface area contributed by atoms with Gasteiger partial charge in [-0.1, -0.05) is 36.9 Å². The third-order valence-corrected chi connectivity index (χ3v) is 2.99. The van der Waals surface area contributed by atoms with Crippen molar-refractivity contribution in [1.29, 1.82) is 0 Å². The van der Waals surface area contributed by atoms with E-state index < -0.39 is 23.8 Å². The molecule has 0 radical (unpaired) electrons. The molecule has 0 spiro atoms. The van der Waals surface area contributed by atoms with Gasteiger partial charge >= 0.3 is 12.1 Å². The predicted octanol–water partition coefficient (Wildman–Crippen LogP) is 4.02. The lowest BCUT2D eigenvalue weighted by Crippen LogP contribution is -2.33. The summed E-state index contributed by atoms with van der Waals surface area (Å²) in [6.07, 6.45) is -0.805. The summed E-state index contributed by atoms with van der Waals surface area (Å²) >= 11 is 0. The molecule has 0 aliphatic heterocycles. The lowest BCUT2D eigenvalue weighted by atomic mass is 10.0. The van der Waals surface area contributed by atoms with Gasteiger partial charge in [-0.25, -0.2) is 9.59 Å². The minimum atomic E-state index is -0.817. The molecule has 126 valence electrons. The van der Waals surface area contributed by atoms with Gasteiger partial charge < -0.3 is 14.2 Å². The highest BCUT2D eigenvalue weighted by molar-refractivity contribution is 5.87. The predicted molar refractivity (Wildman–Crippen MR) is 86.8 cm³/mol. The minimum absolute atomic E-state index is 0.149. The third kappa shape index (κ3) is 7.49. The molecule has 1 unspecified atom stereocenters. The van der Waals surface area contributed by atoms with E-state index in [2.05, 4.69) is 6.58 Å². The maximum atomic E-state index is 11.8. The molecule has 1 aromatic carbocycles. The van der Waals surface area contributed by atoms with Gasteiger partial charge in [-0.2, -0.15) is 0 Å². The molecule has 0 aliphatic carbocycles. The first kappa shape index (κ1) is 18.7. The zero-order chi connectivity index (χ0) is 17.5. The summed E-state index contributed by atoms with van der Waals surface area (Å²) in [4.78, 5) is 23.2. The molecule has 0 fully saturated rings. The topological polar surface area (TPSA) is 61.8 Å². The summed E-state index contributed by atoms with van der Waals surface area (Å²) in [5, 5.41) is 0. The van der Waals surface area contributed by atoms with E-state index in [0.29, 0.717) is 12.0 Å². The number of hydrogen-bond donors (Lipinski definition) is 0. The van der Waals surface area contributed by atoms with Gasteiger partial charge in [0.2, 0.25) is 0 Å². The first-order valence-electron chi connectivity index (χ1n) is 7.46. The van der Waals surface area contributed by atoms with Crippen molar-refractivity contribution in [2.75, 3.05) is 0 Å². The second-order valence-corrected chi connectivity index (χ2v) is 6.09. The molecule has 1 atom stereocenters. The molecule has 0 bridgehead atoms. The third-order valence-electron chi connectivity index (χ3n) is 2.99. The fourth-order valence-corrected chi connectivity index (χ4v) is 2.03. The molecule has 0 saturated heterocycles. The van der Waals surface area contributed by atoms with Crippen LogP contribution in [0.2, 0.25) is 0 Å². The van der Waals surface area contributed by atoms with E-state index in [1.807, 2.05) is 30.3 Å². The Balaban J connectivity index is 2.42. The van der Waals surface area contributed by atoms with E-state index in [0.717, 1.165) is 5.56 Å². The molecule has 0 heterocycles. The van der Waals surface area contributed by atoms with E-state index >= 15 is 0 Å². The average Bonchev–Trinajstić information content (AvgIpc) is 2.44. The van der Waals surface area contributed by atoms with Crippen molar-refractivity contribution in [1.82, 2.24) is 0 Å². The van der Waals surface area contributed by atoms with Crippen molar-refractivity contribution in [3.05, 3.63) is 48.0 Å². The summed E-state index contributed by atoms with van der Waals surface area (Å²) < 4.78 is 15.6. The first-order valence-corrected chi connectivity index (χ1v) is 7.46. The molecule has 1 aromatic rings. The molecule has 23 heavy (non-hydrogen) atoms. The van der Waals surface area contributed by atoms with Gasteiger partial charge in [0.25, 0.3) is 0 Å². The van der Waals surface area contributed by atoms with Crippen molar-refractivity contribution >= 4 is 12.1 Å². The zero-order valence-corrected chi connectivity index (χ0v) is 14.1. The van der Waals surface area contributed by atoms with Crippen LogP contribution in [0.4, 0.5) is 4.79 Å². The summed E-state index contributed by atoms with van der Waals surface area (Å²) in [7, 11) is 0. The highest BCUT2D eigenvalue weighted by atomic mass is 16.7. The van der Waals surface area contributed by atoms with Gasteiger partial charge in [0.05, 0.1) is 0 Å². The number of rotatable bonds is 7. The smallest absolute Gasteiger partial charge is 0.459 e. The van der Waals surface area contributed by atoms with E-state index in [-0.39, 0.29) is 6.61 Å². The van der Waals surface area contributed by atoms with E-state index in [1.165, 1.54) is 0 Å². The maximum absolute atomic E-state index is 11.8. The van der Waals surface area contributed by atoms with Crippen molar-refractivity contribution in [3.8, 4) is 0 Å². The Bertz CT molecular complexity index is 548. The Morgan fingerprint density at radius 3 is 2.39 bits per heavy atom. The lowest BCUT2D eigenvalue weighted by molar-refractivity contribution is -0.146. The van der Waals surface area contributed by atoms with Crippen LogP contribution < -0.4 is 0 Å². The Hall–Kier alpha value is -2.30. The molecule has 0 aliphatic rings. The molecule has 5 heteroatoms. The summed E-state index contributed by atoms with van der Waals surface area (Å²) in [5.74, 6) is -0.458. The SMILES string of the molecule is C=C(C)C(=O)OC(C)CC(C)(C)OC(=O)OCc1ccccc1. The van der Waals surface area contributed by atoms with Crippen molar-refractivity contribution in [2.24, 2.45) is 0 Å². The molecule has 0 aromatic heterocycles. The van der Waals surface area contributed by atoms with Gasteiger partial charge in [-0.15, -0.1) is 0 Å². The first-order chi connectivity index (χ1) is 10.7. The minimum Gasteiger partial charge on any atom is -0.459 e. The van der Waals surface area contributed by atoms with Gasteiger partial charge in [0, 0.05) is 12.0 Å². The summed E-state index contributed by atoms with van der Waals surface area (Å²) in [5.41, 5.74) is 0.395. The average molecular weight is 320 g/mol. The highest BCUT2D eigenvalue weighted by Crippen LogP contribution is 2.20. The number of ether oxygens (including phenoxy) is 3. The zero-order valence-electron chi connectivity index (χ0n) is 14.1. The Kier molecular flexibility index (Phi) is 6.82. The van der Waals surface area contributed by atoms with E-state index in [9.17, 15) is 9.59 Å². The summed E-state index contributed by atoms with van der Waals surface area (Å²) in [6, 6.07) is 9.34. The second kappa shape index (κ2) is 8.36. The van der Waals surface area contributed by atoms with Crippen LogP contribution in [0.3, 0.4) is 0 Å². The molecular weight excluding hydrogens is 296 g/mol. The number of esters is 1. The van der Waals surface area contributed by atoms with Crippen LogP contribution in [0.25, 0.3) is 0 Å². The van der Waals surface area contributed by atoms with Crippen molar-refractivity contribution < 1.29 is 23.8 Å². The summed E-state index contributed by atoms with van der Waals surface area (Å²) in [6.45, 7) is 10.5. The second-order valence-electron chi connectivity index (χ2n) is 6.09. The molecule has 1 rings (SSSR count). The standard InChI is InChI=1S/C18H24O5/c1-13(2)16(19)22-14(3)11-18(4,5)23-17(20)21-12-15-9-7-6-8-10-15/h6-10,14H,1,11-12H2,2-5H3. The molecular formula is C18H24O5. The largest absolute Gasteiger partial charge is 0.509 e. The van der Waals surface area contributed by atoms with Crippen LogP contribution in [0.5, 0.6) is 0 Å². The van der Waals surface area contributed by atoms with Crippen LogP contribution in [0.15, 0.2) is 42.5 Å². The van der Waals surface area contributed by atoms with Crippen LogP contribution in [-0.2, 0) is 25.6 Å². The quantitative estimate of drug-likeness (QED) is 0.561. The normalized spacial score (nSPS) is 12.2. The fraction of sp³-hybridized carbons (Fsp3) is 0.444. The molecule has 0 amide bonds. The Morgan fingerprint density at radius 2 is 1.83 bits per heavy atom. The van der Waals surface area contributed by atoms with Gasteiger partial charge in [0.1, 0.15) is 18.3 Å². The highest BCUT2D eigenvalue weighted by Gasteiger charge is 2.28. The Morgan fingerprint density at radius 1 is 1.22 bits per heavy atom. The lowest BCUT2D eigenvalue weighted by Gasteiger charge is -2.27. The number of benzene rings is 1. The monoisotopic (exact) mass is 320 g/mol. The van der Waals surface area contributed by atoms with E-state index in [4.69, 9.17) is 14.2 Å². The van der Waals surface area contributed by atoms with Crippen LogP contribution >= 0.6 is 0 Å².